The van der Waals surface area contributed by atoms with Gasteiger partial charge in [-0.3, -0.25) is 0 Å². The second-order valence-electron chi connectivity index (χ2n) is 4.24. The van der Waals surface area contributed by atoms with E-state index in [0.717, 1.165) is 5.56 Å². The fourth-order valence-electron chi connectivity index (χ4n) is 1.54. The molecule has 0 saturated carbocycles. The molecule has 0 aliphatic carbocycles. The topological polar surface area (TPSA) is 46.3 Å². The lowest BCUT2D eigenvalue weighted by Crippen LogP contribution is -2.17. The van der Waals surface area contributed by atoms with Crippen molar-refractivity contribution >= 4 is 33.5 Å². The van der Waals surface area contributed by atoms with Crippen molar-refractivity contribution < 1.29 is 4.42 Å². The van der Waals surface area contributed by atoms with Crippen molar-refractivity contribution in [3.8, 4) is 0 Å². The van der Waals surface area contributed by atoms with Crippen LogP contribution in [0.25, 0.3) is 0 Å². The summed E-state index contributed by atoms with van der Waals surface area (Å²) in [6.07, 6.45) is 0.532. The maximum Gasteiger partial charge on any atom is 0.354 e. The monoisotopic (exact) mass is 342 g/mol. The van der Waals surface area contributed by atoms with Crippen molar-refractivity contribution in [2.75, 3.05) is 19.0 Å². The van der Waals surface area contributed by atoms with Gasteiger partial charge in [-0.2, -0.15) is 4.98 Å². The number of halogens is 2. The highest BCUT2D eigenvalue weighted by molar-refractivity contribution is 9.10. The van der Waals surface area contributed by atoms with E-state index in [4.69, 9.17) is 16.0 Å². The van der Waals surface area contributed by atoms with Gasteiger partial charge >= 0.3 is 5.63 Å². The van der Waals surface area contributed by atoms with Crippen molar-refractivity contribution in [2.45, 2.75) is 6.42 Å². The zero-order chi connectivity index (χ0) is 14.0. The van der Waals surface area contributed by atoms with Crippen molar-refractivity contribution in [2.24, 2.45) is 0 Å². The molecule has 1 aromatic heterocycles. The van der Waals surface area contributed by atoms with Gasteiger partial charge in [0.2, 0.25) is 0 Å². The van der Waals surface area contributed by atoms with E-state index in [9.17, 15) is 4.79 Å². The largest absolute Gasteiger partial charge is 0.388 e. The molecule has 0 saturated heterocycles. The van der Waals surface area contributed by atoms with Crippen LogP contribution < -0.4 is 10.5 Å². The lowest BCUT2D eigenvalue weighted by atomic mass is 10.1. The highest BCUT2D eigenvalue weighted by Crippen LogP contribution is 2.19. The molecule has 19 heavy (non-hydrogen) atoms. The fourth-order valence-corrected chi connectivity index (χ4v) is 1.97. The van der Waals surface area contributed by atoms with E-state index < -0.39 is 5.63 Å². The van der Waals surface area contributed by atoms with Crippen LogP contribution in [0.2, 0.25) is 5.02 Å². The molecule has 6 heteroatoms. The van der Waals surface area contributed by atoms with E-state index in [1.807, 2.05) is 24.3 Å². The molecule has 2 rings (SSSR count). The van der Waals surface area contributed by atoms with Crippen LogP contribution in [0.1, 0.15) is 11.3 Å². The Labute approximate surface area is 124 Å². The van der Waals surface area contributed by atoms with Gasteiger partial charge in [0.1, 0.15) is 4.47 Å². The summed E-state index contributed by atoms with van der Waals surface area (Å²) < 4.78 is 5.41. The van der Waals surface area contributed by atoms with Gasteiger partial charge in [0, 0.05) is 25.5 Å². The molecule has 1 heterocycles. The third kappa shape index (κ3) is 3.36. The highest BCUT2D eigenvalue weighted by atomic mass is 79.9. The molecule has 0 radical (unpaired) electrons. The van der Waals surface area contributed by atoms with E-state index >= 15 is 0 Å². The minimum atomic E-state index is -0.428. The van der Waals surface area contributed by atoms with Crippen LogP contribution in [0.15, 0.2) is 37.9 Å². The summed E-state index contributed by atoms with van der Waals surface area (Å²) in [4.78, 5) is 17.7. The average molecular weight is 344 g/mol. The summed E-state index contributed by atoms with van der Waals surface area (Å²) in [5.41, 5.74) is 1.23. The van der Waals surface area contributed by atoms with Crippen LogP contribution in [0.5, 0.6) is 0 Å². The summed E-state index contributed by atoms with van der Waals surface area (Å²) in [7, 11) is 3.54. The molecule has 0 fully saturated rings. The van der Waals surface area contributed by atoms with Crippen molar-refractivity contribution in [1.29, 1.82) is 0 Å². The summed E-state index contributed by atoms with van der Waals surface area (Å²) in [6, 6.07) is 7.71. The van der Waals surface area contributed by atoms with Crippen molar-refractivity contribution in [3.63, 3.8) is 0 Å². The second kappa shape index (κ2) is 5.75. The van der Waals surface area contributed by atoms with E-state index in [0.29, 0.717) is 21.6 Å². The zero-order valence-corrected chi connectivity index (χ0v) is 12.8. The van der Waals surface area contributed by atoms with Crippen LogP contribution in [-0.2, 0) is 6.42 Å². The Morgan fingerprint density at radius 3 is 2.53 bits per heavy atom. The summed E-state index contributed by atoms with van der Waals surface area (Å²) in [5, 5.41) is 0.678. The van der Waals surface area contributed by atoms with E-state index in [-0.39, 0.29) is 6.01 Å². The molecular formula is C13H12BrClN2O2. The van der Waals surface area contributed by atoms with Gasteiger partial charge < -0.3 is 9.32 Å². The molecular weight excluding hydrogens is 332 g/mol. The lowest BCUT2D eigenvalue weighted by molar-refractivity contribution is 0.483. The summed E-state index contributed by atoms with van der Waals surface area (Å²) in [6.45, 7) is 0. The van der Waals surface area contributed by atoms with Gasteiger partial charge in [-0.1, -0.05) is 23.7 Å². The Balaban J connectivity index is 2.39. The Kier molecular flexibility index (Phi) is 4.27. The predicted octanol–water partition coefficient (Wildman–Crippen LogP) is 3.11. The van der Waals surface area contributed by atoms with Gasteiger partial charge in [0.05, 0.1) is 5.69 Å². The van der Waals surface area contributed by atoms with Gasteiger partial charge in [-0.15, -0.1) is 0 Å². The molecule has 0 aliphatic rings. The summed E-state index contributed by atoms with van der Waals surface area (Å²) in [5.74, 6) is 0. The Bertz CT molecular complexity index is 638. The first-order valence-electron chi connectivity index (χ1n) is 5.58. The molecule has 100 valence electrons. The van der Waals surface area contributed by atoms with Crippen molar-refractivity contribution in [3.05, 3.63) is 55.4 Å². The number of aromatic nitrogens is 1. The quantitative estimate of drug-likeness (QED) is 0.859. The normalized spacial score (nSPS) is 10.5. The fraction of sp³-hybridized carbons (Fsp3) is 0.231. The highest BCUT2D eigenvalue weighted by Gasteiger charge is 2.13. The molecule has 1 aromatic carbocycles. The molecule has 0 unspecified atom stereocenters. The number of hydrogen-bond donors (Lipinski definition) is 0. The van der Waals surface area contributed by atoms with Crippen LogP contribution in [0.4, 0.5) is 6.01 Å². The third-order valence-electron chi connectivity index (χ3n) is 2.51. The molecule has 0 atom stereocenters. The minimum Gasteiger partial charge on any atom is -0.388 e. The van der Waals surface area contributed by atoms with E-state index in [1.165, 1.54) is 0 Å². The molecule has 0 spiro atoms. The smallest absolute Gasteiger partial charge is 0.354 e. The first-order chi connectivity index (χ1) is 8.97. The van der Waals surface area contributed by atoms with Crippen molar-refractivity contribution in [1.82, 2.24) is 4.98 Å². The second-order valence-corrected chi connectivity index (χ2v) is 5.47. The number of rotatable bonds is 3. The zero-order valence-electron chi connectivity index (χ0n) is 10.5. The molecule has 0 N–H and O–H groups in total. The number of nitrogens with zero attached hydrogens (tertiary/aromatic N) is 2. The van der Waals surface area contributed by atoms with Gasteiger partial charge in [-0.25, -0.2) is 4.79 Å². The Morgan fingerprint density at radius 2 is 1.95 bits per heavy atom. The first-order valence-corrected chi connectivity index (χ1v) is 6.76. The van der Waals surface area contributed by atoms with E-state index in [1.54, 1.807) is 19.0 Å². The van der Waals surface area contributed by atoms with Gasteiger partial charge in [0.15, 0.2) is 0 Å². The third-order valence-corrected chi connectivity index (χ3v) is 3.55. The SMILES string of the molecule is CN(C)c1nc(Cc2ccc(Cl)cc2)c(Br)c(=O)o1. The van der Waals surface area contributed by atoms with Crippen LogP contribution in [0.3, 0.4) is 0 Å². The summed E-state index contributed by atoms with van der Waals surface area (Å²) >= 11 is 9.06. The molecule has 2 aromatic rings. The lowest BCUT2D eigenvalue weighted by Gasteiger charge is -2.11. The number of anilines is 1. The van der Waals surface area contributed by atoms with Crippen LogP contribution in [0, 0.1) is 0 Å². The first kappa shape index (κ1) is 14.1. The Morgan fingerprint density at radius 1 is 1.32 bits per heavy atom. The molecule has 4 nitrogen and oxygen atoms in total. The molecule has 0 aliphatic heterocycles. The van der Waals surface area contributed by atoms with E-state index in [2.05, 4.69) is 20.9 Å². The molecule has 0 amide bonds. The predicted molar refractivity (Wildman–Crippen MR) is 79.1 cm³/mol. The maximum atomic E-state index is 11.7. The van der Waals surface area contributed by atoms with Gasteiger partial charge in [0.25, 0.3) is 6.01 Å². The molecule has 0 bridgehead atoms. The Hall–Kier alpha value is -1.33. The average Bonchev–Trinajstić information content (AvgIpc) is 2.37. The van der Waals surface area contributed by atoms with Gasteiger partial charge in [-0.05, 0) is 33.6 Å². The van der Waals surface area contributed by atoms with Crippen LogP contribution >= 0.6 is 27.5 Å². The number of benzene rings is 1. The maximum absolute atomic E-state index is 11.7. The van der Waals surface area contributed by atoms with Crippen LogP contribution in [-0.4, -0.2) is 19.1 Å². The number of hydrogen-bond acceptors (Lipinski definition) is 4. The standard InChI is InChI=1S/C13H12BrClN2O2/c1-17(2)13-16-10(11(14)12(18)19-13)7-8-3-5-9(15)6-4-8/h3-6H,7H2,1-2H3. The minimum absolute atomic E-state index is 0.289.